The van der Waals surface area contributed by atoms with Crippen LogP contribution >= 0.6 is 0 Å². The van der Waals surface area contributed by atoms with E-state index in [0.29, 0.717) is 5.82 Å². The van der Waals surface area contributed by atoms with E-state index in [1.807, 2.05) is 36.4 Å². The van der Waals surface area contributed by atoms with Crippen molar-refractivity contribution in [1.82, 2.24) is 25.7 Å². The summed E-state index contributed by atoms with van der Waals surface area (Å²) in [5, 5.41) is 17.1. The molecule has 4 N–H and O–H groups in total. The van der Waals surface area contributed by atoms with Gasteiger partial charge in [-0.25, -0.2) is 9.48 Å². The molecule has 8 heteroatoms. The normalized spacial score (nSPS) is 26.3. The molecule has 0 spiro atoms. The standard InChI is InChI=1S/C21H26N6O2/c28-19-15-8-4-5-9-16(15)23-20(25-19)27-18(24-21(29)22-14-10-11-14)12-17(26-27)13-6-2-1-3-7-13/h1-3,6-7,12,14-16,20,23H,4-5,8-11H2,(H,25,28)(H2,22,24,29). The maximum atomic E-state index is 12.7. The molecule has 1 aromatic carbocycles. The Kier molecular flexibility index (Phi) is 4.71. The lowest BCUT2D eigenvalue weighted by molar-refractivity contribution is -0.132. The molecular weight excluding hydrogens is 368 g/mol. The molecule has 5 rings (SSSR count). The number of nitrogens with one attached hydrogen (secondary N) is 4. The van der Waals surface area contributed by atoms with Crippen LogP contribution in [-0.4, -0.2) is 33.8 Å². The van der Waals surface area contributed by atoms with E-state index in [1.54, 1.807) is 4.68 Å². The number of hydrogen-bond donors (Lipinski definition) is 4. The van der Waals surface area contributed by atoms with Gasteiger partial charge in [0.25, 0.3) is 0 Å². The van der Waals surface area contributed by atoms with Crippen molar-refractivity contribution in [3.8, 4) is 11.3 Å². The molecule has 8 nitrogen and oxygen atoms in total. The zero-order valence-corrected chi connectivity index (χ0v) is 16.2. The van der Waals surface area contributed by atoms with Crippen LogP contribution in [0.1, 0.15) is 44.8 Å². The van der Waals surface area contributed by atoms with Crippen molar-refractivity contribution in [3.63, 3.8) is 0 Å². The van der Waals surface area contributed by atoms with Crippen molar-refractivity contribution in [3.05, 3.63) is 36.4 Å². The predicted molar refractivity (Wildman–Crippen MR) is 109 cm³/mol. The Balaban J connectivity index is 1.44. The molecular formula is C21H26N6O2. The molecule has 1 saturated heterocycles. The number of fused-ring (bicyclic) bond motifs is 1. The SMILES string of the molecule is O=C(Nc1cc(-c2ccccc2)nn1C1NC(=O)C2CCCCC2N1)NC1CC1. The summed E-state index contributed by atoms with van der Waals surface area (Å²) >= 11 is 0. The van der Waals surface area contributed by atoms with E-state index in [4.69, 9.17) is 5.10 Å². The highest BCUT2D eigenvalue weighted by Crippen LogP contribution is 2.31. The van der Waals surface area contributed by atoms with Crippen molar-refractivity contribution in [2.45, 2.75) is 56.9 Å². The van der Waals surface area contributed by atoms with Crippen LogP contribution in [0.3, 0.4) is 0 Å². The van der Waals surface area contributed by atoms with Crippen molar-refractivity contribution in [1.29, 1.82) is 0 Å². The molecule has 1 aliphatic heterocycles. The zero-order chi connectivity index (χ0) is 19.8. The number of hydrogen-bond acceptors (Lipinski definition) is 4. The second-order valence-corrected chi connectivity index (χ2v) is 8.17. The predicted octanol–water partition coefficient (Wildman–Crippen LogP) is 2.57. The van der Waals surface area contributed by atoms with Gasteiger partial charge in [-0.05, 0) is 25.7 Å². The first-order valence-electron chi connectivity index (χ1n) is 10.5. The van der Waals surface area contributed by atoms with Crippen LogP contribution in [0.4, 0.5) is 10.6 Å². The summed E-state index contributed by atoms with van der Waals surface area (Å²) in [6.07, 6.45) is 5.66. The lowest BCUT2D eigenvalue weighted by Gasteiger charge is -2.40. The van der Waals surface area contributed by atoms with Gasteiger partial charge in [0.2, 0.25) is 5.91 Å². The third-order valence-electron chi connectivity index (χ3n) is 5.96. The van der Waals surface area contributed by atoms with Gasteiger partial charge in [-0.15, -0.1) is 0 Å². The Bertz CT molecular complexity index is 907. The lowest BCUT2D eigenvalue weighted by atomic mass is 9.83. The molecule has 3 fully saturated rings. The van der Waals surface area contributed by atoms with Gasteiger partial charge >= 0.3 is 6.03 Å². The fraction of sp³-hybridized carbons (Fsp3) is 0.476. The smallest absolute Gasteiger partial charge is 0.320 e. The number of benzene rings is 1. The third-order valence-corrected chi connectivity index (χ3v) is 5.96. The second kappa shape index (κ2) is 7.51. The molecule has 2 aliphatic carbocycles. The number of carbonyl (C=O) groups excluding carboxylic acids is 2. The molecule has 2 heterocycles. The van der Waals surface area contributed by atoms with Crippen molar-refractivity contribution >= 4 is 17.8 Å². The van der Waals surface area contributed by atoms with E-state index >= 15 is 0 Å². The lowest BCUT2D eigenvalue weighted by Crippen LogP contribution is -2.59. The summed E-state index contributed by atoms with van der Waals surface area (Å²) in [5.74, 6) is 0.622. The molecule has 3 amide bonds. The van der Waals surface area contributed by atoms with Gasteiger partial charge in [0.1, 0.15) is 5.82 Å². The zero-order valence-electron chi connectivity index (χ0n) is 16.2. The summed E-state index contributed by atoms with van der Waals surface area (Å²) in [4.78, 5) is 25.0. The average Bonchev–Trinajstić information content (AvgIpc) is 3.45. The van der Waals surface area contributed by atoms with E-state index in [0.717, 1.165) is 49.8 Å². The van der Waals surface area contributed by atoms with E-state index in [2.05, 4.69) is 21.3 Å². The molecule has 0 radical (unpaired) electrons. The van der Waals surface area contributed by atoms with Crippen molar-refractivity contribution in [2.24, 2.45) is 5.92 Å². The minimum Gasteiger partial charge on any atom is -0.335 e. The molecule has 152 valence electrons. The van der Waals surface area contributed by atoms with Crippen molar-refractivity contribution in [2.75, 3.05) is 5.32 Å². The number of carbonyl (C=O) groups is 2. The average molecular weight is 394 g/mol. The summed E-state index contributed by atoms with van der Waals surface area (Å²) in [6.45, 7) is 0. The maximum absolute atomic E-state index is 12.7. The molecule has 2 saturated carbocycles. The fourth-order valence-electron chi connectivity index (χ4n) is 4.26. The number of nitrogens with zero attached hydrogens (tertiary/aromatic N) is 2. The Labute approximate surface area is 169 Å². The summed E-state index contributed by atoms with van der Waals surface area (Å²) in [6, 6.07) is 11.8. The number of urea groups is 1. The summed E-state index contributed by atoms with van der Waals surface area (Å²) in [5.41, 5.74) is 1.70. The van der Waals surface area contributed by atoms with Gasteiger partial charge in [-0.3, -0.25) is 15.4 Å². The quantitative estimate of drug-likeness (QED) is 0.640. The number of rotatable bonds is 4. The minimum absolute atomic E-state index is 0.0127. The monoisotopic (exact) mass is 394 g/mol. The van der Waals surface area contributed by atoms with Crippen LogP contribution in [0.15, 0.2) is 36.4 Å². The maximum Gasteiger partial charge on any atom is 0.320 e. The van der Waals surface area contributed by atoms with Crippen molar-refractivity contribution < 1.29 is 9.59 Å². The van der Waals surface area contributed by atoms with Gasteiger partial charge in [0, 0.05) is 23.7 Å². The van der Waals surface area contributed by atoms with Gasteiger partial charge in [0.15, 0.2) is 6.29 Å². The van der Waals surface area contributed by atoms with Crippen LogP contribution in [0.2, 0.25) is 0 Å². The molecule has 1 aromatic heterocycles. The summed E-state index contributed by atoms with van der Waals surface area (Å²) in [7, 11) is 0. The van der Waals surface area contributed by atoms with E-state index in [9.17, 15) is 9.59 Å². The van der Waals surface area contributed by atoms with E-state index < -0.39 is 6.29 Å². The highest BCUT2D eigenvalue weighted by atomic mass is 16.2. The Morgan fingerprint density at radius 2 is 1.90 bits per heavy atom. The number of aromatic nitrogens is 2. The molecule has 0 bridgehead atoms. The Hall–Kier alpha value is -2.87. The number of amides is 3. The van der Waals surface area contributed by atoms with Gasteiger partial charge in [0.05, 0.1) is 11.6 Å². The first-order chi connectivity index (χ1) is 14.2. The highest BCUT2D eigenvalue weighted by molar-refractivity contribution is 5.89. The Morgan fingerprint density at radius 1 is 1.10 bits per heavy atom. The molecule has 2 aromatic rings. The van der Waals surface area contributed by atoms with E-state index in [-0.39, 0.29) is 29.9 Å². The van der Waals surface area contributed by atoms with Crippen LogP contribution < -0.4 is 21.3 Å². The van der Waals surface area contributed by atoms with Gasteiger partial charge in [-0.2, -0.15) is 5.10 Å². The molecule has 29 heavy (non-hydrogen) atoms. The van der Waals surface area contributed by atoms with Crippen LogP contribution in [-0.2, 0) is 4.79 Å². The topological polar surface area (TPSA) is 100 Å². The van der Waals surface area contributed by atoms with Gasteiger partial charge in [-0.1, -0.05) is 43.2 Å². The first-order valence-corrected chi connectivity index (χ1v) is 10.5. The fourth-order valence-corrected chi connectivity index (χ4v) is 4.26. The van der Waals surface area contributed by atoms with Crippen LogP contribution in [0.25, 0.3) is 11.3 Å². The minimum atomic E-state index is -0.490. The first kappa shape index (κ1) is 18.2. The summed E-state index contributed by atoms with van der Waals surface area (Å²) < 4.78 is 1.68. The Morgan fingerprint density at radius 3 is 2.69 bits per heavy atom. The second-order valence-electron chi connectivity index (χ2n) is 8.17. The third kappa shape index (κ3) is 3.85. The van der Waals surface area contributed by atoms with E-state index in [1.165, 1.54) is 0 Å². The highest BCUT2D eigenvalue weighted by Gasteiger charge is 2.39. The molecule has 3 unspecified atom stereocenters. The number of anilines is 1. The largest absolute Gasteiger partial charge is 0.335 e. The van der Waals surface area contributed by atoms with Crippen LogP contribution in [0.5, 0.6) is 0 Å². The molecule has 3 atom stereocenters. The van der Waals surface area contributed by atoms with Crippen LogP contribution in [0, 0.1) is 5.92 Å². The molecule has 3 aliphatic rings. The van der Waals surface area contributed by atoms with Gasteiger partial charge < -0.3 is 10.6 Å².